The van der Waals surface area contributed by atoms with Crippen LogP contribution in [0.25, 0.3) is 11.5 Å². The number of aromatic nitrogens is 4. The van der Waals surface area contributed by atoms with Crippen LogP contribution in [0.1, 0.15) is 10.4 Å². The Morgan fingerprint density at radius 2 is 2.04 bits per heavy atom. The van der Waals surface area contributed by atoms with E-state index in [1.807, 2.05) is 0 Å². The van der Waals surface area contributed by atoms with Crippen LogP contribution in [0, 0.1) is 10.1 Å². The number of nitrogens with one attached hydrogen (secondary N) is 1. The zero-order chi connectivity index (χ0) is 19.4. The van der Waals surface area contributed by atoms with E-state index in [-0.39, 0.29) is 28.0 Å². The number of hydrogen-bond acceptors (Lipinski definition) is 8. The molecule has 1 N–H and O–H groups in total. The van der Waals surface area contributed by atoms with Gasteiger partial charge in [0, 0.05) is 18.3 Å². The lowest BCUT2D eigenvalue weighted by Crippen LogP contribution is -2.16. The van der Waals surface area contributed by atoms with Crippen LogP contribution in [0.5, 0.6) is 0 Å². The molecular formula is C16H11ClN6O3S. The first-order valence-corrected chi connectivity index (χ1v) is 9.05. The van der Waals surface area contributed by atoms with Crippen LogP contribution in [0.4, 0.5) is 11.6 Å². The SMILES string of the molecule is CSc1nc(NC(=O)c2cc([N+](=O)[O-])ccc2Cl)nc(-c2ccccn2)n1. The van der Waals surface area contributed by atoms with Crippen LogP contribution in [-0.4, -0.2) is 37.0 Å². The molecule has 0 spiro atoms. The topological polar surface area (TPSA) is 124 Å². The number of nitro benzene ring substituents is 1. The van der Waals surface area contributed by atoms with Crippen molar-refractivity contribution in [3.05, 3.63) is 63.3 Å². The Hall–Kier alpha value is -3.11. The first-order chi connectivity index (χ1) is 13.0. The number of hydrogen-bond donors (Lipinski definition) is 1. The Bertz CT molecular complexity index is 1020. The molecular weight excluding hydrogens is 392 g/mol. The maximum Gasteiger partial charge on any atom is 0.270 e. The number of amides is 1. The van der Waals surface area contributed by atoms with Crippen molar-refractivity contribution in [3.8, 4) is 11.5 Å². The molecule has 1 amide bonds. The molecule has 9 nitrogen and oxygen atoms in total. The number of nitro groups is 1. The van der Waals surface area contributed by atoms with Gasteiger partial charge in [0.05, 0.1) is 15.5 Å². The van der Waals surface area contributed by atoms with Crippen molar-refractivity contribution >= 4 is 40.9 Å². The minimum atomic E-state index is -0.672. The van der Waals surface area contributed by atoms with Gasteiger partial charge >= 0.3 is 0 Å². The van der Waals surface area contributed by atoms with Gasteiger partial charge in [0.2, 0.25) is 5.95 Å². The Morgan fingerprint density at radius 3 is 2.70 bits per heavy atom. The summed E-state index contributed by atoms with van der Waals surface area (Å²) >= 11 is 7.26. The van der Waals surface area contributed by atoms with E-state index in [0.29, 0.717) is 10.9 Å². The zero-order valence-corrected chi connectivity index (χ0v) is 15.4. The summed E-state index contributed by atoms with van der Waals surface area (Å²) in [5, 5.41) is 13.9. The third kappa shape index (κ3) is 4.36. The highest BCUT2D eigenvalue weighted by Crippen LogP contribution is 2.23. The molecule has 0 saturated heterocycles. The average molecular weight is 403 g/mol. The summed E-state index contributed by atoms with van der Waals surface area (Å²) in [7, 11) is 0. The van der Waals surface area contributed by atoms with Gasteiger partial charge in [-0.25, -0.2) is 4.98 Å². The summed E-state index contributed by atoms with van der Waals surface area (Å²) in [5.41, 5.74) is 0.203. The second-order valence-electron chi connectivity index (χ2n) is 5.06. The van der Waals surface area contributed by atoms with Crippen molar-refractivity contribution < 1.29 is 9.72 Å². The van der Waals surface area contributed by atoms with Crippen molar-refractivity contribution in [1.82, 2.24) is 19.9 Å². The smallest absolute Gasteiger partial charge is 0.270 e. The van der Waals surface area contributed by atoms with Gasteiger partial charge in [-0.1, -0.05) is 29.4 Å². The van der Waals surface area contributed by atoms with Crippen molar-refractivity contribution in [2.24, 2.45) is 0 Å². The van der Waals surface area contributed by atoms with Crippen LogP contribution in [0.2, 0.25) is 5.02 Å². The number of non-ortho nitro benzene ring substituents is 1. The molecule has 11 heteroatoms. The maximum atomic E-state index is 12.5. The number of benzene rings is 1. The van der Waals surface area contributed by atoms with E-state index in [9.17, 15) is 14.9 Å². The summed E-state index contributed by atoms with van der Waals surface area (Å²) in [4.78, 5) is 39.6. The molecule has 0 aliphatic carbocycles. The van der Waals surface area contributed by atoms with Gasteiger partial charge in [-0.3, -0.25) is 25.2 Å². The largest absolute Gasteiger partial charge is 0.290 e. The molecule has 1 aromatic carbocycles. The molecule has 0 saturated carbocycles. The maximum absolute atomic E-state index is 12.5. The molecule has 0 aliphatic rings. The molecule has 0 radical (unpaired) electrons. The van der Waals surface area contributed by atoms with Gasteiger partial charge in [-0.2, -0.15) is 9.97 Å². The lowest BCUT2D eigenvalue weighted by Gasteiger charge is -2.08. The van der Waals surface area contributed by atoms with Crippen molar-refractivity contribution in [2.45, 2.75) is 5.16 Å². The van der Waals surface area contributed by atoms with Gasteiger partial charge < -0.3 is 0 Å². The van der Waals surface area contributed by atoms with Crippen molar-refractivity contribution in [1.29, 1.82) is 0 Å². The Morgan fingerprint density at radius 1 is 1.22 bits per heavy atom. The highest BCUT2D eigenvalue weighted by Gasteiger charge is 2.18. The third-order valence-electron chi connectivity index (χ3n) is 3.32. The van der Waals surface area contributed by atoms with E-state index < -0.39 is 10.8 Å². The minimum Gasteiger partial charge on any atom is -0.290 e. The Balaban J connectivity index is 1.95. The first-order valence-electron chi connectivity index (χ1n) is 7.44. The fraction of sp³-hybridized carbons (Fsp3) is 0.0625. The monoisotopic (exact) mass is 402 g/mol. The second kappa shape index (κ2) is 8.06. The van der Waals surface area contributed by atoms with E-state index in [2.05, 4.69) is 25.3 Å². The molecule has 27 heavy (non-hydrogen) atoms. The van der Waals surface area contributed by atoms with E-state index in [4.69, 9.17) is 11.6 Å². The number of anilines is 1. The fourth-order valence-corrected chi connectivity index (χ4v) is 2.64. The molecule has 136 valence electrons. The zero-order valence-electron chi connectivity index (χ0n) is 13.8. The van der Waals surface area contributed by atoms with Gasteiger partial charge in [0.25, 0.3) is 11.6 Å². The Kier molecular flexibility index (Phi) is 5.57. The number of pyridine rings is 1. The fourth-order valence-electron chi connectivity index (χ4n) is 2.08. The van der Waals surface area contributed by atoms with Crippen LogP contribution in [0.3, 0.4) is 0 Å². The molecule has 0 aliphatic heterocycles. The predicted molar refractivity (Wildman–Crippen MR) is 101 cm³/mol. The van der Waals surface area contributed by atoms with E-state index in [1.165, 1.54) is 23.9 Å². The summed E-state index contributed by atoms with van der Waals surface area (Å²) in [6.07, 6.45) is 3.37. The lowest BCUT2D eigenvalue weighted by molar-refractivity contribution is -0.384. The van der Waals surface area contributed by atoms with Crippen LogP contribution >= 0.6 is 23.4 Å². The van der Waals surface area contributed by atoms with Crippen molar-refractivity contribution in [3.63, 3.8) is 0 Å². The standard InChI is InChI=1S/C16H11ClN6O3S/c1-27-16-20-13(12-4-2-3-7-18-12)19-15(22-16)21-14(24)10-8-9(23(25)26)5-6-11(10)17/h2-8H,1H3,(H,19,20,21,22,24). The lowest BCUT2D eigenvalue weighted by atomic mass is 10.2. The van der Waals surface area contributed by atoms with Gasteiger partial charge in [0.1, 0.15) is 5.69 Å². The molecule has 3 aromatic rings. The second-order valence-corrected chi connectivity index (χ2v) is 6.24. The van der Waals surface area contributed by atoms with Gasteiger partial charge in [0.15, 0.2) is 11.0 Å². The molecule has 0 bridgehead atoms. The van der Waals surface area contributed by atoms with Gasteiger partial charge in [-0.15, -0.1) is 0 Å². The van der Waals surface area contributed by atoms with E-state index in [0.717, 1.165) is 6.07 Å². The number of nitrogens with zero attached hydrogens (tertiary/aromatic N) is 5. The highest BCUT2D eigenvalue weighted by atomic mass is 35.5. The minimum absolute atomic E-state index is 0.0115. The highest BCUT2D eigenvalue weighted by molar-refractivity contribution is 7.98. The van der Waals surface area contributed by atoms with E-state index in [1.54, 1.807) is 30.7 Å². The normalized spacial score (nSPS) is 10.4. The number of halogens is 1. The third-order valence-corrected chi connectivity index (χ3v) is 4.20. The molecule has 0 fully saturated rings. The predicted octanol–water partition coefficient (Wildman–Crippen LogP) is 3.47. The molecule has 0 unspecified atom stereocenters. The Labute approximate surface area is 162 Å². The van der Waals surface area contributed by atoms with E-state index >= 15 is 0 Å². The summed E-state index contributed by atoms with van der Waals surface area (Å²) in [6.45, 7) is 0. The number of rotatable bonds is 5. The van der Waals surface area contributed by atoms with Crippen LogP contribution in [0.15, 0.2) is 47.8 Å². The first kappa shape index (κ1) is 18.7. The molecule has 2 heterocycles. The number of carbonyl (C=O) groups excluding carboxylic acids is 1. The molecule has 0 atom stereocenters. The quantitative estimate of drug-likeness (QED) is 0.390. The van der Waals surface area contributed by atoms with Gasteiger partial charge in [-0.05, 0) is 24.5 Å². The van der Waals surface area contributed by atoms with Crippen LogP contribution in [-0.2, 0) is 0 Å². The summed E-state index contributed by atoms with van der Waals surface area (Å²) in [5.74, 6) is -0.396. The number of carbonyl (C=O) groups is 1. The average Bonchev–Trinajstić information content (AvgIpc) is 2.68. The molecule has 3 rings (SSSR count). The number of thioether (sulfide) groups is 1. The van der Waals surface area contributed by atoms with Crippen LogP contribution < -0.4 is 5.32 Å². The summed E-state index contributed by atoms with van der Waals surface area (Å²) < 4.78 is 0. The van der Waals surface area contributed by atoms with Crippen molar-refractivity contribution in [2.75, 3.05) is 11.6 Å². The summed E-state index contributed by atoms with van der Waals surface area (Å²) in [6, 6.07) is 8.86. The molecule has 2 aromatic heterocycles.